The minimum absolute atomic E-state index is 0.0319. The Morgan fingerprint density at radius 2 is 2.24 bits per heavy atom. The topological polar surface area (TPSA) is 72.7 Å². The molecule has 0 bridgehead atoms. The molecule has 4 rings (SSSR count). The van der Waals surface area contributed by atoms with Crippen LogP contribution in [0.3, 0.4) is 0 Å². The first-order chi connectivity index (χ1) is 14.0. The minimum atomic E-state index is -0.0530. The van der Waals surface area contributed by atoms with Crippen LogP contribution in [0.5, 0.6) is 0 Å². The second kappa shape index (κ2) is 8.11. The molecule has 1 unspecified atom stereocenters. The molecule has 6 nitrogen and oxygen atoms in total. The van der Waals surface area contributed by atoms with Gasteiger partial charge in [-0.05, 0) is 49.7 Å². The third-order valence-corrected chi connectivity index (χ3v) is 6.36. The average Bonchev–Trinajstić information content (AvgIpc) is 3.38. The van der Waals surface area contributed by atoms with Crippen LogP contribution >= 0.6 is 11.6 Å². The first-order valence-corrected chi connectivity index (χ1v) is 10.6. The van der Waals surface area contributed by atoms with Gasteiger partial charge in [-0.2, -0.15) is 5.10 Å². The van der Waals surface area contributed by atoms with Crippen LogP contribution in [0.4, 0.5) is 5.82 Å². The number of aryl methyl sites for hydroxylation is 3. The Labute approximate surface area is 176 Å². The smallest absolute Gasteiger partial charge is 0.229 e. The average molecular weight is 412 g/mol. The third-order valence-electron chi connectivity index (χ3n) is 6.14. The summed E-state index contributed by atoms with van der Waals surface area (Å²) in [6.07, 6.45) is 13.7. The SMILES string of the molecule is CCc1nc(C)n(CC[C@@]2(C3C=CC=CC3)C[C@H]2C(=O)Nc2ccc(Cl)cn2)n1. The van der Waals surface area contributed by atoms with Gasteiger partial charge in [-0.15, -0.1) is 0 Å². The summed E-state index contributed by atoms with van der Waals surface area (Å²) in [6.45, 7) is 4.83. The normalized spacial score (nSPS) is 25.2. The van der Waals surface area contributed by atoms with Gasteiger partial charge in [0.05, 0.1) is 5.02 Å². The fourth-order valence-corrected chi connectivity index (χ4v) is 4.48. The predicted molar refractivity (Wildman–Crippen MR) is 114 cm³/mol. The number of rotatable bonds is 7. The van der Waals surface area contributed by atoms with Crippen molar-refractivity contribution >= 4 is 23.3 Å². The van der Waals surface area contributed by atoms with E-state index in [9.17, 15) is 4.79 Å². The summed E-state index contributed by atoms with van der Waals surface area (Å²) in [5, 5.41) is 8.12. The molecule has 29 heavy (non-hydrogen) atoms. The molecule has 1 fully saturated rings. The molecule has 1 amide bonds. The Kier molecular flexibility index (Phi) is 5.54. The summed E-state index contributed by atoms with van der Waals surface area (Å²) in [6, 6.07) is 3.47. The number of hydrogen-bond acceptors (Lipinski definition) is 4. The van der Waals surface area contributed by atoms with Gasteiger partial charge in [0, 0.05) is 25.1 Å². The van der Waals surface area contributed by atoms with Crippen LogP contribution in [0.15, 0.2) is 42.6 Å². The Bertz CT molecular complexity index is 949. The molecule has 2 aliphatic rings. The molecule has 0 radical (unpaired) electrons. The van der Waals surface area contributed by atoms with Crippen molar-refractivity contribution in [2.45, 2.75) is 46.1 Å². The molecule has 0 saturated heterocycles. The third kappa shape index (κ3) is 4.13. The van der Waals surface area contributed by atoms with E-state index >= 15 is 0 Å². The summed E-state index contributed by atoms with van der Waals surface area (Å²) in [5.41, 5.74) is -0.0530. The number of anilines is 1. The Hall–Kier alpha value is -2.47. The molecule has 3 atom stereocenters. The maximum atomic E-state index is 13.0. The highest BCUT2D eigenvalue weighted by Gasteiger charge is 2.60. The highest BCUT2D eigenvalue weighted by molar-refractivity contribution is 6.30. The van der Waals surface area contributed by atoms with Crippen molar-refractivity contribution in [3.8, 4) is 0 Å². The zero-order valence-corrected chi connectivity index (χ0v) is 17.6. The van der Waals surface area contributed by atoms with Crippen molar-refractivity contribution in [2.24, 2.45) is 17.3 Å². The molecule has 2 aromatic heterocycles. The number of aromatic nitrogens is 4. The number of carbonyl (C=O) groups excluding carboxylic acids is 1. The number of allylic oxidation sites excluding steroid dienone is 4. The van der Waals surface area contributed by atoms with Gasteiger partial charge in [0.15, 0.2) is 5.82 Å². The van der Waals surface area contributed by atoms with Crippen LogP contribution < -0.4 is 5.32 Å². The van der Waals surface area contributed by atoms with E-state index in [0.29, 0.717) is 16.8 Å². The summed E-state index contributed by atoms with van der Waals surface area (Å²) in [5.74, 6) is 2.71. The lowest BCUT2D eigenvalue weighted by atomic mass is 9.79. The maximum Gasteiger partial charge on any atom is 0.229 e. The van der Waals surface area contributed by atoms with Crippen LogP contribution in [0, 0.1) is 24.2 Å². The molecule has 1 saturated carbocycles. The number of pyridine rings is 1. The van der Waals surface area contributed by atoms with Gasteiger partial charge in [-0.1, -0.05) is 42.8 Å². The summed E-state index contributed by atoms with van der Waals surface area (Å²) < 4.78 is 1.98. The molecule has 2 aliphatic carbocycles. The predicted octanol–water partition coefficient (Wildman–Crippen LogP) is 4.36. The zero-order valence-electron chi connectivity index (χ0n) is 16.8. The van der Waals surface area contributed by atoms with Crippen molar-refractivity contribution in [3.05, 3.63) is 59.3 Å². The first-order valence-electron chi connectivity index (χ1n) is 10.2. The fourth-order valence-electron chi connectivity index (χ4n) is 4.37. The van der Waals surface area contributed by atoms with Gasteiger partial charge in [-0.3, -0.25) is 9.48 Å². The van der Waals surface area contributed by atoms with Gasteiger partial charge < -0.3 is 5.32 Å². The number of amides is 1. The highest BCUT2D eigenvalue weighted by atomic mass is 35.5. The van der Waals surface area contributed by atoms with Crippen molar-refractivity contribution in [1.82, 2.24) is 19.7 Å². The van der Waals surface area contributed by atoms with Crippen LogP contribution in [0.2, 0.25) is 5.02 Å². The molecular formula is C22H26ClN5O. The molecule has 0 aliphatic heterocycles. The van der Waals surface area contributed by atoms with Crippen molar-refractivity contribution in [2.75, 3.05) is 5.32 Å². The molecule has 2 aromatic rings. The number of hydrogen-bond donors (Lipinski definition) is 1. The highest BCUT2D eigenvalue weighted by Crippen LogP contribution is 2.62. The van der Waals surface area contributed by atoms with Crippen LogP contribution in [0.1, 0.15) is 37.8 Å². The van der Waals surface area contributed by atoms with Gasteiger partial charge in [0.2, 0.25) is 5.91 Å². The Morgan fingerprint density at radius 1 is 1.38 bits per heavy atom. The maximum absolute atomic E-state index is 13.0. The quantitative estimate of drug-likeness (QED) is 0.734. The van der Waals surface area contributed by atoms with E-state index in [2.05, 4.69) is 51.6 Å². The number of carbonyl (C=O) groups is 1. The largest absolute Gasteiger partial charge is 0.310 e. The lowest BCUT2D eigenvalue weighted by molar-refractivity contribution is -0.118. The molecule has 2 heterocycles. The lowest BCUT2D eigenvalue weighted by Gasteiger charge is -2.26. The van der Waals surface area contributed by atoms with Gasteiger partial charge in [-0.25, -0.2) is 9.97 Å². The van der Waals surface area contributed by atoms with E-state index in [4.69, 9.17) is 11.6 Å². The molecule has 0 spiro atoms. The number of halogens is 1. The van der Waals surface area contributed by atoms with Gasteiger partial charge in [0.25, 0.3) is 0 Å². The number of nitrogens with one attached hydrogen (secondary N) is 1. The second-order valence-corrected chi connectivity index (χ2v) is 8.33. The lowest BCUT2D eigenvalue weighted by Crippen LogP contribution is -2.26. The monoisotopic (exact) mass is 411 g/mol. The zero-order chi connectivity index (χ0) is 20.4. The molecule has 0 aromatic carbocycles. The molecule has 1 N–H and O–H groups in total. The number of nitrogens with zero attached hydrogens (tertiary/aromatic N) is 4. The molecular weight excluding hydrogens is 386 g/mol. The van der Waals surface area contributed by atoms with E-state index in [1.807, 2.05) is 11.6 Å². The van der Waals surface area contributed by atoms with Gasteiger partial charge >= 0.3 is 0 Å². The molecule has 7 heteroatoms. The van der Waals surface area contributed by atoms with Crippen LogP contribution in [0.25, 0.3) is 0 Å². The summed E-state index contributed by atoms with van der Waals surface area (Å²) >= 11 is 5.89. The minimum Gasteiger partial charge on any atom is -0.310 e. The fraction of sp³-hybridized carbons (Fsp3) is 0.455. The Balaban J connectivity index is 1.49. The van der Waals surface area contributed by atoms with Gasteiger partial charge in [0.1, 0.15) is 11.6 Å². The van der Waals surface area contributed by atoms with E-state index in [1.165, 1.54) is 0 Å². The van der Waals surface area contributed by atoms with Crippen molar-refractivity contribution in [1.29, 1.82) is 0 Å². The second-order valence-electron chi connectivity index (χ2n) is 7.90. The van der Waals surface area contributed by atoms with E-state index in [-0.39, 0.29) is 17.2 Å². The summed E-state index contributed by atoms with van der Waals surface area (Å²) in [7, 11) is 0. The van der Waals surface area contributed by atoms with Crippen molar-refractivity contribution < 1.29 is 4.79 Å². The standard InChI is InChI=1S/C22H26ClN5O/c1-3-19-25-15(2)28(27-19)12-11-22(16-7-5-4-6-8-16)13-18(22)21(29)26-20-10-9-17(23)14-24-20/h4-7,9-10,14,16,18H,3,8,11-13H2,1-2H3,(H,24,26,29)/t16?,18-,22-/m0/s1. The van der Waals surface area contributed by atoms with Crippen LogP contribution in [-0.4, -0.2) is 25.7 Å². The molecule has 152 valence electrons. The van der Waals surface area contributed by atoms with E-state index in [1.54, 1.807) is 18.3 Å². The van der Waals surface area contributed by atoms with E-state index < -0.39 is 0 Å². The van der Waals surface area contributed by atoms with Crippen molar-refractivity contribution in [3.63, 3.8) is 0 Å². The Morgan fingerprint density at radius 3 is 2.90 bits per heavy atom. The van der Waals surface area contributed by atoms with Crippen LogP contribution in [-0.2, 0) is 17.8 Å². The van der Waals surface area contributed by atoms with E-state index in [0.717, 1.165) is 43.9 Å². The summed E-state index contributed by atoms with van der Waals surface area (Å²) in [4.78, 5) is 21.7. The first kappa shape index (κ1) is 19.8.